The van der Waals surface area contributed by atoms with Crippen LogP contribution in [0.5, 0.6) is 0 Å². The summed E-state index contributed by atoms with van der Waals surface area (Å²) in [7, 11) is -5.13. The van der Waals surface area contributed by atoms with Gasteiger partial charge in [0.25, 0.3) is 0 Å². The van der Waals surface area contributed by atoms with E-state index in [0.717, 1.165) is 25.1 Å². The summed E-state index contributed by atoms with van der Waals surface area (Å²) in [6, 6.07) is 4.51. The van der Waals surface area contributed by atoms with Crippen molar-refractivity contribution in [2.24, 2.45) is 0 Å². The first kappa shape index (κ1) is 26.4. The molecule has 1 fully saturated rings. The van der Waals surface area contributed by atoms with E-state index in [1.165, 1.54) is 9.21 Å². The van der Waals surface area contributed by atoms with E-state index in [9.17, 15) is 21.6 Å². The SMILES string of the molecule is CCCCNc1ccc(S(=O)(=O)N(CC)CC)cc1NCC(=O)N(C)[C@@H]1CCS(=O)(=O)C1. The van der Waals surface area contributed by atoms with Crippen LogP contribution in [0, 0.1) is 0 Å². The molecule has 1 amide bonds. The van der Waals surface area contributed by atoms with Gasteiger partial charge in [0.1, 0.15) is 0 Å². The Morgan fingerprint density at radius 2 is 1.81 bits per heavy atom. The predicted octanol–water partition coefficient (Wildman–Crippen LogP) is 1.99. The highest BCUT2D eigenvalue weighted by atomic mass is 32.2. The van der Waals surface area contributed by atoms with Crippen LogP contribution in [0.15, 0.2) is 23.1 Å². The third-order valence-electron chi connectivity index (χ3n) is 5.76. The van der Waals surface area contributed by atoms with Crippen LogP contribution in [-0.2, 0) is 24.7 Å². The van der Waals surface area contributed by atoms with Gasteiger partial charge in [-0.25, -0.2) is 16.8 Å². The van der Waals surface area contributed by atoms with Gasteiger partial charge in [-0.15, -0.1) is 0 Å². The number of sulfonamides is 1. The van der Waals surface area contributed by atoms with Crippen molar-refractivity contribution in [2.45, 2.75) is 51.0 Å². The van der Waals surface area contributed by atoms with Gasteiger partial charge in [0.15, 0.2) is 9.84 Å². The molecule has 0 saturated carbocycles. The minimum absolute atomic E-state index is 0.0172. The molecule has 1 aliphatic rings. The summed E-state index contributed by atoms with van der Waals surface area (Å²) in [5.74, 6) is -0.167. The van der Waals surface area contributed by atoms with Gasteiger partial charge in [-0.05, 0) is 31.0 Å². The van der Waals surface area contributed by atoms with Crippen LogP contribution >= 0.6 is 0 Å². The normalized spacial score (nSPS) is 18.0. The third-order valence-corrected chi connectivity index (χ3v) is 9.56. The van der Waals surface area contributed by atoms with Gasteiger partial charge in [-0.3, -0.25) is 4.79 Å². The average Bonchev–Trinajstić information content (AvgIpc) is 3.12. The summed E-state index contributed by atoms with van der Waals surface area (Å²) in [6.07, 6.45) is 2.40. The average molecular weight is 489 g/mol. The van der Waals surface area contributed by atoms with Crippen molar-refractivity contribution in [3.63, 3.8) is 0 Å². The number of amides is 1. The van der Waals surface area contributed by atoms with Gasteiger partial charge in [-0.2, -0.15) is 4.31 Å². The van der Waals surface area contributed by atoms with E-state index >= 15 is 0 Å². The summed E-state index contributed by atoms with van der Waals surface area (Å²) in [5, 5.41) is 6.36. The molecule has 9 nitrogen and oxygen atoms in total. The minimum Gasteiger partial charge on any atom is -0.383 e. The van der Waals surface area contributed by atoms with E-state index in [1.54, 1.807) is 39.1 Å². The molecular formula is C21H36N4O5S2. The van der Waals surface area contributed by atoms with Gasteiger partial charge in [-0.1, -0.05) is 27.2 Å². The fourth-order valence-corrected chi connectivity index (χ4v) is 6.94. The summed E-state index contributed by atoms with van der Waals surface area (Å²) in [5.41, 5.74) is 1.24. The molecule has 1 heterocycles. The molecule has 0 unspecified atom stereocenters. The Labute approximate surface area is 192 Å². The molecule has 1 saturated heterocycles. The van der Waals surface area contributed by atoms with Gasteiger partial charge in [0, 0.05) is 32.7 Å². The minimum atomic E-state index is -3.64. The van der Waals surface area contributed by atoms with Gasteiger partial charge < -0.3 is 15.5 Å². The second-order valence-electron chi connectivity index (χ2n) is 7.99. The Bertz CT molecular complexity index is 991. The van der Waals surface area contributed by atoms with E-state index in [0.29, 0.717) is 25.2 Å². The largest absolute Gasteiger partial charge is 0.383 e. The zero-order chi connectivity index (χ0) is 23.9. The summed E-state index contributed by atoms with van der Waals surface area (Å²) in [4.78, 5) is 14.3. The van der Waals surface area contributed by atoms with Crippen molar-refractivity contribution in [1.29, 1.82) is 0 Å². The Balaban J connectivity index is 2.21. The fraction of sp³-hybridized carbons (Fsp3) is 0.667. The number of hydrogen-bond donors (Lipinski definition) is 2. The quantitative estimate of drug-likeness (QED) is 0.432. The molecule has 0 spiro atoms. The fourth-order valence-electron chi connectivity index (χ4n) is 3.68. The van der Waals surface area contributed by atoms with Crippen LogP contribution in [-0.4, -0.2) is 82.7 Å². The number of carbonyl (C=O) groups excluding carboxylic acids is 1. The Morgan fingerprint density at radius 3 is 2.38 bits per heavy atom. The molecule has 11 heteroatoms. The van der Waals surface area contributed by atoms with E-state index in [4.69, 9.17) is 0 Å². The lowest BCUT2D eigenvalue weighted by molar-refractivity contribution is -0.129. The number of sulfone groups is 1. The van der Waals surface area contributed by atoms with Crippen LogP contribution in [0.1, 0.15) is 40.0 Å². The Morgan fingerprint density at radius 1 is 1.12 bits per heavy atom. The molecule has 1 atom stereocenters. The Hall–Kier alpha value is -1.85. The summed E-state index contributed by atoms with van der Waals surface area (Å²) in [6.45, 7) is 7.05. The molecule has 2 N–H and O–H groups in total. The second-order valence-corrected chi connectivity index (χ2v) is 12.2. The maximum atomic E-state index is 12.9. The molecule has 1 aliphatic heterocycles. The van der Waals surface area contributed by atoms with Crippen LogP contribution in [0.3, 0.4) is 0 Å². The van der Waals surface area contributed by atoms with Gasteiger partial charge in [0.05, 0.1) is 34.3 Å². The van der Waals surface area contributed by atoms with Crippen LogP contribution in [0.25, 0.3) is 0 Å². The molecule has 0 radical (unpaired) electrons. The van der Waals surface area contributed by atoms with Crippen molar-refractivity contribution in [1.82, 2.24) is 9.21 Å². The molecule has 0 aromatic heterocycles. The van der Waals surface area contributed by atoms with Crippen molar-refractivity contribution in [3.05, 3.63) is 18.2 Å². The van der Waals surface area contributed by atoms with E-state index in [1.807, 2.05) is 0 Å². The first-order valence-electron chi connectivity index (χ1n) is 11.1. The Kier molecular flexibility index (Phi) is 9.35. The standard InChI is InChI=1S/C21H36N4O5S2/c1-5-8-12-22-19-10-9-18(32(29,30)25(6-2)7-3)14-20(19)23-15-21(26)24(4)17-11-13-31(27,28)16-17/h9-10,14,17,22-23H,5-8,11-13,15-16H2,1-4H3/t17-/m1/s1. The van der Waals surface area contributed by atoms with Crippen LogP contribution in [0.2, 0.25) is 0 Å². The summed E-state index contributed by atoms with van der Waals surface area (Å²) >= 11 is 0. The summed E-state index contributed by atoms with van der Waals surface area (Å²) < 4.78 is 50.7. The molecule has 182 valence electrons. The van der Waals surface area contributed by atoms with Crippen molar-refractivity contribution >= 4 is 37.1 Å². The number of benzene rings is 1. The second kappa shape index (κ2) is 11.3. The van der Waals surface area contributed by atoms with E-state index < -0.39 is 19.9 Å². The smallest absolute Gasteiger partial charge is 0.243 e. The van der Waals surface area contributed by atoms with Gasteiger partial charge >= 0.3 is 0 Å². The van der Waals surface area contributed by atoms with Crippen molar-refractivity contribution in [3.8, 4) is 0 Å². The highest BCUT2D eigenvalue weighted by molar-refractivity contribution is 7.91. The number of rotatable bonds is 12. The highest BCUT2D eigenvalue weighted by Crippen LogP contribution is 2.27. The number of nitrogens with one attached hydrogen (secondary N) is 2. The molecular weight excluding hydrogens is 452 g/mol. The maximum absolute atomic E-state index is 12.9. The van der Waals surface area contributed by atoms with Crippen LogP contribution in [0.4, 0.5) is 11.4 Å². The maximum Gasteiger partial charge on any atom is 0.243 e. The number of unbranched alkanes of at least 4 members (excludes halogenated alkanes) is 1. The zero-order valence-electron chi connectivity index (χ0n) is 19.4. The van der Waals surface area contributed by atoms with E-state index in [-0.39, 0.29) is 34.9 Å². The first-order chi connectivity index (χ1) is 15.1. The molecule has 1 aromatic rings. The van der Waals surface area contributed by atoms with Crippen molar-refractivity contribution in [2.75, 3.05) is 55.4 Å². The monoisotopic (exact) mass is 488 g/mol. The number of likely N-dealkylation sites (N-methyl/N-ethyl adjacent to an activating group) is 1. The lowest BCUT2D eigenvalue weighted by Gasteiger charge is -2.24. The van der Waals surface area contributed by atoms with Gasteiger partial charge in [0.2, 0.25) is 15.9 Å². The number of carbonyl (C=O) groups is 1. The molecule has 1 aromatic carbocycles. The third kappa shape index (κ3) is 6.58. The highest BCUT2D eigenvalue weighted by Gasteiger charge is 2.32. The predicted molar refractivity (Wildman–Crippen MR) is 128 cm³/mol. The molecule has 0 aliphatic carbocycles. The molecule has 0 bridgehead atoms. The van der Waals surface area contributed by atoms with Crippen molar-refractivity contribution < 1.29 is 21.6 Å². The lowest BCUT2D eigenvalue weighted by atomic mass is 10.2. The number of hydrogen-bond acceptors (Lipinski definition) is 7. The number of nitrogens with zero attached hydrogens (tertiary/aromatic N) is 2. The lowest BCUT2D eigenvalue weighted by Crippen LogP contribution is -2.41. The zero-order valence-corrected chi connectivity index (χ0v) is 21.1. The molecule has 32 heavy (non-hydrogen) atoms. The molecule has 2 rings (SSSR count). The number of anilines is 2. The first-order valence-corrected chi connectivity index (χ1v) is 14.4. The van der Waals surface area contributed by atoms with Crippen LogP contribution < -0.4 is 10.6 Å². The topological polar surface area (TPSA) is 116 Å². The van der Waals surface area contributed by atoms with E-state index in [2.05, 4.69) is 17.6 Å².